The smallest absolute Gasteiger partial charge is 0.231 e. The molecule has 6 nitrogen and oxygen atoms in total. The molecule has 156 valence electrons. The highest BCUT2D eigenvalue weighted by atomic mass is 79.9. The van der Waals surface area contributed by atoms with Crippen molar-refractivity contribution in [2.24, 2.45) is 0 Å². The summed E-state index contributed by atoms with van der Waals surface area (Å²) in [5.74, 6) is 2.08. The lowest BCUT2D eigenvalue weighted by atomic mass is 10.0. The number of allylic oxidation sites excluding steroid dienone is 1. The van der Waals surface area contributed by atoms with Crippen LogP contribution in [-0.4, -0.2) is 29.5 Å². The maximum absolute atomic E-state index is 13.0. The van der Waals surface area contributed by atoms with Gasteiger partial charge in [-0.05, 0) is 48.5 Å². The van der Waals surface area contributed by atoms with E-state index < -0.39 is 0 Å². The molecule has 0 saturated heterocycles. The fourth-order valence-corrected chi connectivity index (χ4v) is 4.16. The summed E-state index contributed by atoms with van der Waals surface area (Å²) in [5, 5.41) is 0. The van der Waals surface area contributed by atoms with Crippen molar-refractivity contribution >= 4 is 27.8 Å². The molecule has 0 aliphatic carbocycles. The van der Waals surface area contributed by atoms with Gasteiger partial charge < -0.3 is 14.2 Å². The zero-order valence-corrected chi connectivity index (χ0v) is 18.4. The van der Waals surface area contributed by atoms with E-state index in [1.807, 2.05) is 42.5 Å². The fraction of sp³-hybridized carbons (Fsp3) is 0.167. The number of aromatic nitrogens is 1. The summed E-state index contributed by atoms with van der Waals surface area (Å²) < 4.78 is 18.3. The Morgan fingerprint density at radius 2 is 2.13 bits per heavy atom. The molecule has 3 heterocycles. The van der Waals surface area contributed by atoms with Gasteiger partial charge in [0.05, 0.1) is 23.9 Å². The van der Waals surface area contributed by atoms with Crippen LogP contribution >= 0.6 is 15.9 Å². The van der Waals surface area contributed by atoms with E-state index in [1.54, 1.807) is 25.4 Å². The van der Waals surface area contributed by atoms with Crippen LogP contribution in [0.2, 0.25) is 0 Å². The molecule has 0 atom stereocenters. The van der Waals surface area contributed by atoms with E-state index in [0.717, 1.165) is 27.0 Å². The van der Waals surface area contributed by atoms with Crippen molar-refractivity contribution in [3.05, 3.63) is 87.3 Å². The number of ketones is 1. The molecule has 3 aromatic rings. The summed E-state index contributed by atoms with van der Waals surface area (Å²) >= 11 is 3.46. The summed E-state index contributed by atoms with van der Waals surface area (Å²) in [6.45, 7) is 1.71. The van der Waals surface area contributed by atoms with Crippen LogP contribution in [0.1, 0.15) is 27.2 Å². The number of hydrogen-bond donors (Lipinski definition) is 0. The first-order valence-electron chi connectivity index (χ1n) is 9.81. The van der Waals surface area contributed by atoms with E-state index in [2.05, 4.69) is 25.8 Å². The first-order valence-corrected chi connectivity index (χ1v) is 10.6. The van der Waals surface area contributed by atoms with Gasteiger partial charge in [0.25, 0.3) is 0 Å². The highest BCUT2D eigenvalue weighted by molar-refractivity contribution is 9.10. The molecule has 0 N–H and O–H groups in total. The number of methoxy groups -OCH3 is 1. The van der Waals surface area contributed by atoms with Crippen LogP contribution in [0.4, 0.5) is 0 Å². The van der Waals surface area contributed by atoms with Gasteiger partial charge in [-0.2, -0.15) is 0 Å². The number of halogens is 1. The van der Waals surface area contributed by atoms with Gasteiger partial charge in [0.15, 0.2) is 5.76 Å². The molecule has 0 bridgehead atoms. The third-order valence-electron chi connectivity index (χ3n) is 5.27. The first kappa shape index (κ1) is 19.8. The van der Waals surface area contributed by atoms with Gasteiger partial charge in [-0.25, -0.2) is 0 Å². The van der Waals surface area contributed by atoms with Crippen molar-refractivity contribution in [1.82, 2.24) is 9.88 Å². The van der Waals surface area contributed by atoms with E-state index in [-0.39, 0.29) is 11.5 Å². The number of rotatable bonds is 4. The zero-order chi connectivity index (χ0) is 21.4. The van der Waals surface area contributed by atoms with Gasteiger partial charge in [-0.15, -0.1) is 0 Å². The summed E-state index contributed by atoms with van der Waals surface area (Å²) in [7, 11) is 1.60. The number of benzene rings is 2. The Kier molecular flexibility index (Phi) is 5.21. The number of carbonyl (C=O) groups is 1. The number of ether oxygens (including phenoxy) is 3. The molecule has 7 heteroatoms. The third-order valence-corrected chi connectivity index (χ3v) is 5.77. The predicted molar refractivity (Wildman–Crippen MR) is 119 cm³/mol. The SMILES string of the molecule is COc1ccc(Br)cc1/C=C1\Oc2c(ccc3c2CN(Cc2ccccn2)CO3)C1=O. The summed E-state index contributed by atoms with van der Waals surface area (Å²) in [4.78, 5) is 19.5. The Morgan fingerprint density at radius 1 is 1.23 bits per heavy atom. The highest BCUT2D eigenvalue weighted by Gasteiger charge is 2.33. The standard InChI is InChI=1S/C24H19BrN2O4/c1-29-20-7-5-16(25)10-15(20)11-22-23(28)18-6-8-21-19(24(18)31-22)13-27(14-30-21)12-17-4-2-3-9-26-17/h2-11H,12-14H2,1H3/b22-11-. The van der Waals surface area contributed by atoms with Crippen LogP contribution in [0, 0.1) is 0 Å². The van der Waals surface area contributed by atoms with E-state index in [0.29, 0.717) is 36.9 Å². The Bertz CT molecular complexity index is 1190. The maximum atomic E-state index is 13.0. The Labute approximate surface area is 188 Å². The van der Waals surface area contributed by atoms with Gasteiger partial charge >= 0.3 is 0 Å². The monoisotopic (exact) mass is 478 g/mol. The molecular weight excluding hydrogens is 460 g/mol. The second-order valence-corrected chi connectivity index (χ2v) is 8.24. The predicted octanol–water partition coefficient (Wildman–Crippen LogP) is 4.82. The Morgan fingerprint density at radius 3 is 2.94 bits per heavy atom. The quantitative estimate of drug-likeness (QED) is 0.501. The largest absolute Gasteiger partial charge is 0.496 e. The molecule has 1 aromatic heterocycles. The van der Waals surface area contributed by atoms with E-state index in [1.165, 1.54) is 0 Å². The molecule has 2 aliphatic rings. The van der Waals surface area contributed by atoms with Crippen LogP contribution in [0.15, 0.2) is 65.0 Å². The van der Waals surface area contributed by atoms with Gasteiger partial charge in [-0.3, -0.25) is 14.7 Å². The highest BCUT2D eigenvalue weighted by Crippen LogP contribution is 2.42. The van der Waals surface area contributed by atoms with Crippen LogP contribution in [0.3, 0.4) is 0 Å². The minimum atomic E-state index is -0.151. The molecule has 0 radical (unpaired) electrons. The minimum Gasteiger partial charge on any atom is -0.496 e. The Balaban J connectivity index is 1.45. The van der Waals surface area contributed by atoms with Crippen LogP contribution in [0.25, 0.3) is 6.08 Å². The first-order chi connectivity index (χ1) is 15.1. The normalized spacial score (nSPS) is 16.5. The lowest BCUT2D eigenvalue weighted by Crippen LogP contribution is -2.32. The molecular formula is C24H19BrN2O4. The summed E-state index contributed by atoms with van der Waals surface area (Å²) in [5.41, 5.74) is 3.14. The van der Waals surface area contributed by atoms with Crippen LogP contribution in [0.5, 0.6) is 17.2 Å². The lowest BCUT2D eigenvalue weighted by molar-refractivity contribution is 0.0861. The molecule has 2 aromatic carbocycles. The maximum Gasteiger partial charge on any atom is 0.231 e. The van der Waals surface area contributed by atoms with E-state index in [4.69, 9.17) is 14.2 Å². The molecule has 0 fully saturated rings. The van der Waals surface area contributed by atoms with Crippen LogP contribution < -0.4 is 14.2 Å². The fourth-order valence-electron chi connectivity index (χ4n) is 3.79. The summed E-state index contributed by atoms with van der Waals surface area (Å²) in [6, 6.07) is 15.1. The second kappa shape index (κ2) is 8.17. The van der Waals surface area contributed by atoms with Crippen molar-refractivity contribution in [2.45, 2.75) is 13.1 Å². The number of Topliss-reactive ketones (excluding diaryl/α,β-unsaturated/α-hetero) is 1. The number of carbonyl (C=O) groups excluding carboxylic acids is 1. The van der Waals surface area contributed by atoms with Gasteiger partial charge in [0, 0.05) is 29.3 Å². The van der Waals surface area contributed by atoms with Gasteiger partial charge in [0.1, 0.15) is 24.0 Å². The molecule has 0 spiro atoms. The molecule has 0 amide bonds. The van der Waals surface area contributed by atoms with Crippen LogP contribution in [-0.2, 0) is 13.1 Å². The zero-order valence-electron chi connectivity index (χ0n) is 16.8. The topological polar surface area (TPSA) is 60.9 Å². The second-order valence-electron chi connectivity index (χ2n) is 7.33. The van der Waals surface area contributed by atoms with Crippen molar-refractivity contribution < 1.29 is 19.0 Å². The van der Waals surface area contributed by atoms with Crippen molar-refractivity contribution in [3.63, 3.8) is 0 Å². The van der Waals surface area contributed by atoms with Crippen molar-refractivity contribution in [1.29, 1.82) is 0 Å². The molecule has 0 unspecified atom stereocenters. The average molecular weight is 479 g/mol. The third kappa shape index (κ3) is 3.82. The molecule has 0 saturated carbocycles. The van der Waals surface area contributed by atoms with E-state index >= 15 is 0 Å². The number of hydrogen-bond acceptors (Lipinski definition) is 6. The number of pyridine rings is 1. The average Bonchev–Trinajstić information content (AvgIpc) is 3.10. The van der Waals surface area contributed by atoms with Crippen molar-refractivity contribution in [2.75, 3.05) is 13.8 Å². The van der Waals surface area contributed by atoms with Crippen molar-refractivity contribution in [3.8, 4) is 17.2 Å². The van der Waals surface area contributed by atoms with E-state index in [9.17, 15) is 4.79 Å². The lowest BCUT2D eigenvalue weighted by Gasteiger charge is -2.29. The minimum absolute atomic E-state index is 0.151. The molecule has 31 heavy (non-hydrogen) atoms. The Hall–Kier alpha value is -3.16. The van der Waals surface area contributed by atoms with Gasteiger partial charge in [0.2, 0.25) is 5.78 Å². The number of nitrogens with zero attached hydrogens (tertiary/aromatic N) is 2. The van der Waals surface area contributed by atoms with Gasteiger partial charge in [-0.1, -0.05) is 22.0 Å². The number of fused-ring (bicyclic) bond motifs is 3. The molecule has 2 aliphatic heterocycles. The molecule has 5 rings (SSSR count). The summed E-state index contributed by atoms with van der Waals surface area (Å²) in [6.07, 6.45) is 3.49.